The summed E-state index contributed by atoms with van der Waals surface area (Å²) in [5, 5.41) is 0. The van der Waals surface area contributed by atoms with Crippen LogP contribution in [0.4, 0.5) is 0 Å². The van der Waals surface area contributed by atoms with Crippen LogP contribution in [0, 0.1) is 0 Å². The van der Waals surface area contributed by atoms with Crippen molar-refractivity contribution in [3.63, 3.8) is 0 Å². The van der Waals surface area contributed by atoms with Crippen molar-refractivity contribution < 1.29 is 4.79 Å². The molecule has 0 aliphatic heterocycles. The van der Waals surface area contributed by atoms with Crippen LogP contribution in [0.25, 0.3) is 0 Å². The van der Waals surface area contributed by atoms with Crippen molar-refractivity contribution >= 4 is 5.91 Å². The first-order valence-corrected chi connectivity index (χ1v) is 11.3. The molecule has 1 rings (SSSR count). The van der Waals surface area contributed by atoms with Crippen molar-refractivity contribution in [1.29, 1.82) is 0 Å². The molecular formula is C24H42N2O. The predicted molar refractivity (Wildman–Crippen MR) is 117 cm³/mol. The third kappa shape index (κ3) is 8.47. The Balaban J connectivity index is 3.13. The van der Waals surface area contributed by atoms with Crippen molar-refractivity contribution in [2.75, 3.05) is 26.2 Å². The van der Waals surface area contributed by atoms with E-state index in [2.05, 4.69) is 61.8 Å². The number of benzene rings is 1. The second-order valence-electron chi connectivity index (χ2n) is 7.59. The van der Waals surface area contributed by atoms with Gasteiger partial charge in [-0.05, 0) is 44.3 Å². The first-order valence-electron chi connectivity index (χ1n) is 11.3. The lowest BCUT2D eigenvalue weighted by Crippen LogP contribution is -2.44. The molecule has 0 aromatic heterocycles. The van der Waals surface area contributed by atoms with E-state index in [1.807, 2.05) is 6.07 Å². The molecule has 3 nitrogen and oxygen atoms in total. The Kier molecular flexibility index (Phi) is 12.9. The molecule has 154 valence electrons. The first-order chi connectivity index (χ1) is 13.2. The normalized spacial score (nSPS) is 12.3. The highest BCUT2D eigenvalue weighted by Gasteiger charge is 2.30. The maximum atomic E-state index is 13.7. The molecular weight excluding hydrogens is 332 g/mol. The van der Waals surface area contributed by atoms with Gasteiger partial charge in [-0.25, -0.2) is 0 Å². The number of nitrogens with zero attached hydrogens (tertiary/aromatic N) is 2. The Morgan fingerprint density at radius 3 is 1.63 bits per heavy atom. The largest absolute Gasteiger partial charge is 0.341 e. The van der Waals surface area contributed by atoms with E-state index < -0.39 is 0 Å². The van der Waals surface area contributed by atoms with Gasteiger partial charge < -0.3 is 4.90 Å². The van der Waals surface area contributed by atoms with Gasteiger partial charge in [0.15, 0.2) is 0 Å². The molecule has 1 aromatic rings. The van der Waals surface area contributed by atoms with Crippen molar-refractivity contribution in [3.05, 3.63) is 35.9 Å². The summed E-state index contributed by atoms with van der Waals surface area (Å²) in [5.74, 6) is 0.301. The summed E-state index contributed by atoms with van der Waals surface area (Å²) in [5.41, 5.74) is 1.15. The summed E-state index contributed by atoms with van der Waals surface area (Å²) < 4.78 is 0. The molecule has 0 N–H and O–H groups in total. The zero-order chi connectivity index (χ0) is 19.9. The molecule has 0 fully saturated rings. The highest BCUT2D eigenvalue weighted by Crippen LogP contribution is 2.25. The smallest absolute Gasteiger partial charge is 0.244 e. The minimum absolute atomic E-state index is 0.141. The van der Waals surface area contributed by atoms with Crippen LogP contribution < -0.4 is 0 Å². The maximum Gasteiger partial charge on any atom is 0.244 e. The summed E-state index contributed by atoms with van der Waals surface area (Å²) in [6.45, 7) is 12.6. The number of rotatable bonds is 15. The van der Waals surface area contributed by atoms with Gasteiger partial charge in [0.2, 0.25) is 5.91 Å². The van der Waals surface area contributed by atoms with Gasteiger partial charge in [0.05, 0.1) is 0 Å². The van der Waals surface area contributed by atoms with E-state index in [1.54, 1.807) is 0 Å². The molecule has 1 unspecified atom stereocenters. The van der Waals surface area contributed by atoms with Gasteiger partial charge in [-0.1, -0.05) is 83.7 Å². The SMILES string of the molecule is CCCCN(CCCC)C(=O)C(c1ccccc1)N(CCCC)CCCC. The molecule has 0 saturated heterocycles. The summed E-state index contributed by atoms with van der Waals surface area (Å²) in [6.07, 6.45) is 9.03. The van der Waals surface area contributed by atoms with Crippen molar-refractivity contribution in [2.45, 2.75) is 85.1 Å². The number of hydrogen-bond acceptors (Lipinski definition) is 2. The Labute approximate surface area is 168 Å². The van der Waals surface area contributed by atoms with Crippen LogP contribution in [-0.4, -0.2) is 41.9 Å². The molecule has 0 aliphatic carbocycles. The van der Waals surface area contributed by atoms with Crippen molar-refractivity contribution in [1.82, 2.24) is 9.80 Å². The summed E-state index contributed by atoms with van der Waals surface area (Å²) >= 11 is 0. The highest BCUT2D eigenvalue weighted by molar-refractivity contribution is 5.83. The molecule has 0 bridgehead atoms. The Morgan fingerprint density at radius 1 is 0.741 bits per heavy atom. The second kappa shape index (κ2) is 14.7. The van der Waals surface area contributed by atoms with Gasteiger partial charge in [0.25, 0.3) is 0 Å². The van der Waals surface area contributed by atoms with Gasteiger partial charge >= 0.3 is 0 Å². The summed E-state index contributed by atoms with van der Waals surface area (Å²) in [7, 11) is 0. The first kappa shape index (κ1) is 23.7. The lowest BCUT2D eigenvalue weighted by molar-refractivity contribution is -0.137. The van der Waals surface area contributed by atoms with Crippen LogP contribution in [0.15, 0.2) is 30.3 Å². The number of carbonyl (C=O) groups excluding carboxylic acids is 1. The van der Waals surface area contributed by atoms with Gasteiger partial charge in [0, 0.05) is 13.1 Å². The van der Waals surface area contributed by atoms with E-state index in [0.717, 1.165) is 83.1 Å². The van der Waals surface area contributed by atoms with Crippen molar-refractivity contribution in [2.24, 2.45) is 0 Å². The van der Waals surface area contributed by atoms with E-state index in [9.17, 15) is 4.79 Å². The molecule has 0 heterocycles. The van der Waals surface area contributed by atoms with E-state index in [4.69, 9.17) is 0 Å². The molecule has 3 heteroatoms. The zero-order valence-electron chi connectivity index (χ0n) is 18.3. The molecule has 0 aliphatic rings. The van der Waals surface area contributed by atoms with Crippen LogP contribution in [0.1, 0.15) is 90.7 Å². The maximum absolute atomic E-state index is 13.7. The second-order valence-corrected chi connectivity index (χ2v) is 7.59. The average Bonchev–Trinajstić information content (AvgIpc) is 2.70. The molecule has 0 radical (unpaired) electrons. The number of hydrogen-bond donors (Lipinski definition) is 0. The standard InChI is InChI=1S/C24H42N2O/c1-5-9-18-25(19-10-6-2)23(22-16-14-13-15-17-22)24(27)26(20-11-7-3)21-12-8-4/h13-17,23H,5-12,18-21H2,1-4H3. The van der Waals surface area contributed by atoms with Crippen molar-refractivity contribution in [3.8, 4) is 0 Å². The number of carbonyl (C=O) groups is 1. The lowest BCUT2D eigenvalue weighted by atomic mass is 10.0. The third-order valence-electron chi connectivity index (χ3n) is 5.19. The molecule has 1 aromatic carbocycles. The van der Waals surface area contributed by atoms with Gasteiger partial charge in [-0.3, -0.25) is 9.69 Å². The van der Waals surface area contributed by atoms with Crippen LogP contribution in [0.3, 0.4) is 0 Å². The van der Waals surface area contributed by atoms with Crippen LogP contribution >= 0.6 is 0 Å². The fourth-order valence-electron chi connectivity index (χ4n) is 3.44. The summed E-state index contributed by atoms with van der Waals surface area (Å²) in [4.78, 5) is 18.3. The minimum Gasteiger partial charge on any atom is -0.341 e. The van der Waals surface area contributed by atoms with Gasteiger partial charge in [0.1, 0.15) is 6.04 Å². The molecule has 0 spiro atoms. The van der Waals surface area contributed by atoms with E-state index >= 15 is 0 Å². The summed E-state index contributed by atoms with van der Waals surface area (Å²) in [6, 6.07) is 10.3. The fraction of sp³-hybridized carbons (Fsp3) is 0.708. The van der Waals surface area contributed by atoms with Crippen LogP contribution in [0.5, 0.6) is 0 Å². The minimum atomic E-state index is -0.141. The van der Waals surface area contributed by atoms with E-state index in [-0.39, 0.29) is 6.04 Å². The quantitative estimate of drug-likeness (QED) is 0.372. The monoisotopic (exact) mass is 374 g/mol. The fourth-order valence-corrected chi connectivity index (χ4v) is 3.44. The molecule has 0 saturated carbocycles. The average molecular weight is 375 g/mol. The number of amides is 1. The van der Waals surface area contributed by atoms with E-state index in [1.165, 1.54) is 0 Å². The molecule has 1 atom stereocenters. The van der Waals surface area contributed by atoms with Crippen LogP contribution in [0.2, 0.25) is 0 Å². The Hall–Kier alpha value is -1.35. The van der Waals surface area contributed by atoms with E-state index in [0.29, 0.717) is 5.91 Å². The molecule has 1 amide bonds. The third-order valence-corrected chi connectivity index (χ3v) is 5.19. The topological polar surface area (TPSA) is 23.6 Å². The molecule has 27 heavy (non-hydrogen) atoms. The van der Waals surface area contributed by atoms with Gasteiger partial charge in [-0.2, -0.15) is 0 Å². The Bertz CT molecular complexity index is 472. The highest BCUT2D eigenvalue weighted by atomic mass is 16.2. The zero-order valence-corrected chi connectivity index (χ0v) is 18.3. The predicted octanol–water partition coefficient (Wildman–Crippen LogP) is 6.06. The van der Waals surface area contributed by atoms with Crippen LogP contribution in [-0.2, 0) is 4.79 Å². The lowest BCUT2D eigenvalue weighted by Gasteiger charge is -2.35. The van der Waals surface area contributed by atoms with Gasteiger partial charge in [-0.15, -0.1) is 0 Å². The number of unbranched alkanes of at least 4 members (excludes halogenated alkanes) is 4. The Morgan fingerprint density at radius 2 is 1.19 bits per heavy atom.